The third kappa shape index (κ3) is 3.86. The normalized spacial score (nSPS) is 17.9. The fraction of sp³-hybridized carbons (Fsp3) is 0.389. The molecule has 3 rings (SSSR count). The molecule has 0 aliphatic carbocycles. The third-order valence-electron chi connectivity index (χ3n) is 4.32. The van der Waals surface area contributed by atoms with Crippen LogP contribution in [0.1, 0.15) is 35.3 Å². The lowest BCUT2D eigenvalue weighted by Crippen LogP contribution is -2.42. The van der Waals surface area contributed by atoms with E-state index in [9.17, 15) is 9.59 Å². The Kier molecular flexibility index (Phi) is 4.86. The van der Waals surface area contributed by atoms with Crippen LogP contribution >= 0.6 is 0 Å². The number of nitrogens with zero attached hydrogens (tertiary/aromatic N) is 2. The van der Waals surface area contributed by atoms with Gasteiger partial charge in [0.2, 0.25) is 0 Å². The molecule has 120 valence electrons. The molecule has 1 saturated heterocycles. The molecule has 5 heteroatoms. The molecule has 1 aliphatic heterocycles. The van der Waals surface area contributed by atoms with Crippen LogP contribution in [0.25, 0.3) is 0 Å². The molecule has 0 saturated carbocycles. The number of aromatic nitrogens is 1. The number of ketones is 1. The van der Waals surface area contributed by atoms with Gasteiger partial charge < -0.3 is 9.42 Å². The predicted molar refractivity (Wildman–Crippen MR) is 84.9 cm³/mol. The van der Waals surface area contributed by atoms with Crippen molar-refractivity contribution in [1.82, 2.24) is 10.1 Å². The zero-order valence-corrected chi connectivity index (χ0v) is 13.0. The molecule has 1 amide bonds. The van der Waals surface area contributed by atoms with E-state index in [4.69, 9.17) is 4.52 Å². The number of hydrogen-bond acceptors (Lipinski definition) is 4. The fourth-order valence-electron chi connectivity index (χ4n) is 3.03. The summed E-state index contributed by atoms with van der Waals surface area (Å²) >= 11 is 0. The Morgan fingerprint density at radius 3 is 2.78 bits per heavy atom. The van der Waals surface area contributed by atoms with Crippen LogP contribution in [-0.2, 0) is 11.2 Å². The number of piperidine rings is 1. The van der Waals surface area contributed by atoms with Gasteiger partial charge >= 0.3 is 0 Å². The van der Waals surface area contributed by atoms with Gasteiger partial charge in [0.25, 0.3) is 5.91 Å². The van der Waals surface area contributed by atoms with Crippen LogP contribution in [0.15, 0.2) is 47.2 Å². The maximum absolute atomic E-state index is 12.5. The largest absolute Gasteiger partial charge is 0.364 e. The number of benzene rings is 1. The molecule has 1 fully saturated rings. The van der Waals surface area contributed by atoms with E-state index in [2.05, 4.69) is 5.16 Å². The van der Waals surface area contributed by atoms with E-state index in [1.54, 1.807) is 11.0 Å². The van der Waals surface area contributed by atoms with E-state index in [1.165, 1.54) is 11.8 Å². The van der Waals surface area contributed by atoms with Crippen molar-refractivity contribution in [2.45, 2.75) is 25.7 Å². The summed E-state index contributed by atoms with van der Waals surface area (Å²) in [7, 11) is 0. The SMILES string of the molecule is O=C(CCc1ccccc1)C1CCCN(C(=O)c2ccon2)C1. The molecular weight excluding hydrogens is 292 g/mol. The number of likely N-dealkylation sites (tertiary alicyclic amines) is 1. The Hall–Kier alpha value is -2.43. The van der Waals surface area contributed by atoms with E-state index in [0.717, 1.165) is 19.3 Å². The Bertz CT molecular complexity index is 652. The maximum atomic E-state index is 12.5. The number of carbonyl (C=O) groups excluding carboxylic acids is 2. The van der Waals surface area contributed by atoms with Crippen molar-refractivity contribution in [3.63, 3.8) is 0 Å². The summed E-state index contributed by atoms with van der Waals surface area (Å²) in [5.41, 5.74) is 1.48. The van der Waals surface area contributed by atoms with Crippen molar-refractivity contribution in [2.75, 3.05) is 13.1 Å². The average molecular weight is 312 g/mol. The fourth-order valence-corrected chi connectivity index (χ4v) is 3.03. The summed E-state index contributed by atoms with van der Waals surface area (Å²) in [5, 5.41) is 3.69. The minimum atomic E-state index is -0.153. The summed E-state index contributed by atoms with van der Waals surface area (Å²) in [5.74, 6) is 0.0223. The first kappa shape index (κ1) is 15.5. The average Bonchev–Trinajstić information content (AvgIpc) is 3.14. The van der Waals surface area contributed by atoms with E-state index < -0.39 is 0 Å². The highest BCUT2D eigenvalue weighted by molar-refractivity contribution is 5.92. The minimum absolute atomic E-state index is 0.0664. The van der Waals surface area contributed by atoms with E-state index in [1.807, 2.05) is 30.3 Å². The van der Waals surface area contributed by atoms with Crippen LogP contribution in [0.5, 0.6) is 0 Å². The van der Waals surface area contributed by atoms with Gasteiger partial charge in [-0.05, 0) is 24.8 Å². The zero-order valence-electron chi connectivity index (χ0n) is 13.0. The number of amides is 1. The molecule has 1 aromatic heterocycles. The Balaban J connectivity index is 1.55. The zero-order chi connectivity index (χ0) is 16.1. The quantitative estimate of drug-likeness (QED) is 0.851. The second-order valence-corrected chi connectivity index (χ2v) is 5.93. The van der Waals surface area contributed by atoms with Crippen LogP contribution in [0.2, 0.25) is 0 Å². The molecule has 1 unspecified atom stereocenters. The Morgan fingerprint density at radius 2 is 2.04 bits per heavy atom. The summed E-state index contributed by atoms with van der Waals surface area (Å²) in [6, 6.07) is 11.6. The van der Waals surface area contributed by atoms with Crippen LogP contribution in [0.3, 0.4) is 0 Å². The molecular formula is C18H20N2O3. The lowest BCUT2D eigenvalue weighted by Gasteiger charge is -2.31. The van der Waals surface area contributed by atoms with Gasteiger partial charge in [0.1, 0.15) is 12.0 Å². The third-order valence-corrected chi connectivity index (χ3v) is 4.32. The first-order valence-electron chi connectivity index (χ1n) is 8.00. The summed E-state index contributed by atoms with van der Waals surface area (Å²) in [6.45, 7) is 1.16. The van der Waals surface area contributed by atoms with Crippen molar-refractivity contribution in [3.05, 3.63) is 53.9 Å². The second kappa shape index (κ2) is 7.22. The highest BCUT2D eigenvalue weighted by Gasteiger charge is 2.29. The Morgan fingerprint density at radius 1 is 1.22 bits per heavy atom. The van der Waals surface area contributed by atoms with E-state index in [-0.39, 0.29) is 17.6 Å². The van der Waals surface area contributed by atoms with Crippen molar-refractivity contribution >= 4 is 11.7 Å². The molecule has 0 radical (unpaired) electrons. The standard InChI is InChI=1S/C18H20N2O3/c21-17(9-8-14-5-2-1-3-6-14)15-7-4-11-20(13-15)18(22)16-10-12-23-19-16/h1-3,5-6,10,12,15H,4,7-9,11,13H2. The highest BCUT2D eigenvalue weighted by atomic mass is 16.5. The van der Waals surface area contributed by atoms with Gasteiger partial charge in [0, 0.05) is 31.5 Å². The molecule has 1 aliphatic rings. The minimum Gasteiger partial charge on any atom is -0.364 e. The lowest BCUT2D eigenvalue weighted by molar-refractivity contribution is -0.124. The number of aryl methyl sites for hydroxylation is 1. The maximum Gasteiger partial charge on any atom is 0.276 e. The monoisotopic (exact) mass is 312 g/mol. The van der Waals surface area contributed by atoms with Crippen LogP contribution in [0, 0.1) is 5.92 Å². The number of rotatable bonds is 5. The summed E-state index contributed by atoms with van der Waals surface area (Å²) < 4.78 is 4.72. The molecule has 0 bridgehead atoms. The summed E-state index contributed by atoms with van der Waals surface area (Å²) in [6.07, 6.45) is 4.38. The summed E-state index contributed by atoms with van der Waals surface area (Å²) in [4.78, 5) is 26.5. The van der Waals surface area contributed by atoms with Gasteiger partial charge in [-0.25, -0.2) is 0 Å². The topological polar surface area (TPSA) is 63.4 Å². The van der Waals surface area contributed by atoms with E-state index >= 15 is 0 Å². The van der Waals surface area contributed by atoms with Crippen LogP contribution < -0.4 is 0 Å². The van der Waals surface area contributed by atoms with Gasteiger partial charge in [-0.1, -0.05) is 35.5 Å². The highest BCUT2D eigenvalue weighted by Crippen LogP contribution is 2.21. The molecule has 1 aromatic carbocycles. The van der Waals surface area contributed by atoms with E-state index in [0.29, 0.717) is 25.2 Å². The van der Waals surface area contributed by atoms with Gasteiger partial charge in [-0.3, -0.25) is 9.59 Å². The van der Waals surface area contributed by atoms with Gasteiger partial charge in [0.15, 0.2) is 5.69 Å². The van der Waals surface area contributed by atoms with Crippen molar-refractivity contribution in [3.8, 4) is 0 Å². The Labute approximate surface area is 135 Å². The van der Waals surface area contributed by atoms with Crippen LogP contribution in [0.4, 0.5) is 0 Å². The molecule has 0 spiro atoms. The lowest BCUT2D eigenvalue weighted by atomic mass is 9.90. The smallest absolute Gasteiger partial charge is 0.276 e. The van der Waals surface area contributed by atoms with Gasteiger partial charge in [-0.15, -0.1) is 0 Å². The van der Waals surface area contributed by atoms with Gasteiger partial charge in [-0.2, -0.15) is 0 Å². The van der Waals surface area contributed by atoms with Crippen molar-refractivity contribution in [2.24, 2.45) is 5.92 Å². The van der Waals surface area contributed by atoms with Crippen LogP contribution in [-0.4, -0.2) is 34.8 Å². The first-order chi connectivity index (χ1) is 11.2. The molecule has 23 heavy (non-hydrogen) atoms. The molecule has 2 aromatic rings. The first-order valence-corrected chi connectivity index (χ1v) is 8.00. The molecule has 0 N–H and O–H groups in total. The van der Waals surface area contributed by atoms with Crippen molar-refractivity contribution in [1.29, 1.82) is 0 Å². The van der Waals surface area contributed by atoms with Crippen molar-refractivity contribution < 1.29 is 14.1 Å². The number of carbonyl (C=O) groups is 2. The molecule has 2 heterocycles. The number of hydrogen-bond donors (Lipinski definition) is 0. The predicted octanol–water partition coefficient (Wildman–Crippen LogP) is 2.73. The molecule has 5 nitrogen and oxygen atoms in total. The second-order valence-electron chi connectivity index (χ2n) is 5.93. The van der Waals surface area contributed by atoms with Gasteiger partial charge in [0.05, 0.1) is 0 Å². The number of Topliss-reactive ketones (excluding diaryl/α,β-unsaturated/α-hetero) is 1. The molecule has 1 atom stereocenters.